The van der Waals surface area contributed by atoms with Gasteiger partial charge in [-0.2, -0.15) is 0 Å². The van der Waals surface area contributed by atoms with Crippen molar-refractivity contribution in [2.75, 3.05) is 16.3 Å². The van der Waals surface area contributed by atoms with Crippen LogP contribution in [0, 0.1) is 6.92 Å². The predicted octanol–water partition coefficient (Wildman–Crippen LogP) is 3.40. The zero-order valence-electron chi connectivity index (χ0n) is 17.0. The van der Waals surface area contributed by atoms with Gasteiger partial charge in [-0.25, -0.2) is 19.9 Å². The Kier molecular flexibility index (Phi) is 4.86. The number of fused-ring (bicyclic) bond motifs is 1. The minimum Gasteiger partial charge on any atom is -0.331 e. The van der Waals surface area contributed by atoms with Crippen LogP contribution in [0.1, 0.15) is 47.9 Å². The zero-order valence-corrected chi connectivity index (χ0v) is 17.0. The summed E-state index contributed by atoms with van der Waals surface area (Å²) in [5, 5.41) is 0. The normalized spacial score (nSPS) is 18.6. The first-order valence-electron chi connectivity index (χ1n) is 10.5. The van der Waals surface area contributed by atoms with Gasteiger partial charge in [0.15, 0.2) is 5.82 Å². The number of aromatic nitrogens is 4. The first-order chi connectivity index (χ1) is 14.7. The monoisotopic (exact) mass is 400 g/mol. The molecule has 7 nitrogen and oxygen atoms in total. The molecule has 2 aliphatic rings. The first-order valence-corrected chi connectivity index (χ1v) is 10.5. The molecule has 0 radical (unpaired) electrons. The summed E-state index contributed by atoms with van der Waals surface area (Å²) in [6.07, 6.45) is 6.70. The lowest BCUT2D eigenvalue weighted by molar-refractivity contribution is -0.119. The molecule has 4 heterocycles. The number of carbonyl (C=O) groups excluding carboxylic acids is 1. The number of aryl methyl sites for hydroxylation is 1. The molecule has 0 bridgehead atoms. The van der Waals surface area contributed by atoms with Gasteiger partial charge in [-0.05, 0) is 37.8 Å². The lowest BCUT2D eigenvalue weighted by Gasteiger charge is -2.31. The van der Waals surface area contributed by atoms with E-state index in [-0.39, 0.29) is 11.9 Å². The number of rotatable bonds is 4. The van der Waals surface area contributed by atoms with Gasteiger partial charge in [0.1, 0.15) is 5.82 Å². The van der Waals surface area contributed by atoms with E-state index in [1.165, 1.54) is 0 Å². The summed E-state index contributed by atoms with van der Waals surface area (Å²) >= 11 is 0. The fourth-order valence-electron chi connectivity index (χ4n) is 4.40. The van der Waals surface area contributed by atoms with Crippen LogP contribution in [0.4, 0.5) is 11.8 Å². The van der Waals surface area contributed by atoms with Crippen molar-refractivity contribution in [1.82, 2.24) is 19.9 Å². The summed E-state index contributed by atoms with van der Waals surface area (Å²) in [6, 6.07) is 11.9. The molecular weight excluding hydrogens is 376 g/mol. The van der Waals surface area contributed by atoms with Crippen molar-refractivity contribution < 1.29 is 4.79 Å². The van der Waals surface area contributed by atoms with Gasteiger partial charge in [0, 0.05) is 36.6 Å². The molecule has 1 unspecified atom stereocenters. The smallest absolute Gasteiger partial charge is 0.228 e. The van der Waals surface area contributed by atoms with E-state index < -0.39 is 0 Å². The molecular formula is C23H24N6O. The van der Waals surface area contributed by atoms with Gasteiger partial charge in [0.2, 0.25) is 11.9 Å². The number of hydrogen-bond acceptors (Lipinski definition) is 6. The molecule has 1 aromatic carbocycles. The highest BCUT2D eigenvalue weighted by Gasteiger charge is 2.34. The number of anilines is 2. The Morgan fingerprint density at radius 3 is 2.63 bits per heavy atom. The number of benzene rings is 1. The molecule has 2 aromatic heterocycles. The number of carbonyl (C=O) groups is 1. The van der Waals surface area contributed by atoms with E-state index in [2.05, 4.69) is 14.9 Å². The third-order valence-electron chi connectivity index (χ3n) is 5.90. The SMILES string of the molecule is Cc1nc(C2CCCN2c2ncccn2)nc2c1CCC(=O)N2Cc1ccccc1. The molecule has 7 heteroatoms. The Morgan fingerprint density at radius 1 is 1.03 bits per heavy atom. The predicted molar refractivity (Wildman–Crippen MR) is 114 cm³/mol. The average Bonchev–Trinajstić information content (AvgIpc) is 3.27. The maximum atomic E-state index is 12.8. The molecule has 1 saturated heterocycles. The lowest BCUT2D eigenvalue weighted by Crippen LogP contribution is -2.37. The van der Waals surface area contributed by atoms with Gasteiger partial charge in [-0.3, -0.25) is 9.69 Å². The van der Waals surface area contributed by atoms with Gasteiger partial charge in [0.25, 0.3) is 0 Å². The topological polar surface area (TPSA) is 75.1 Å². The largest absolute Gasteiger partial charge is 0.331 e. The lowest BCUT2D eigenvalue weighted by atomic mass is 10.0. The van der Waals surface area contributed by atoms with E-state index in [9.17, 15) is 4.79 Å². The molecule has 0 N–H and O–H groups in total. The summed E-state index contributed by atoms with van der Waals surface area (Å²) in [4.78, 5) is 35.5. The van der Waals surface area contributed by atoms with E-state index >= 15 is 0 Å². The molecule has 5 rings (SSSR count). The Hall–Kier alpha value is -3.35. The van der Waals surface area contributed by atoms with Gasteiger partial charge in [-0.15, -0.1) is 0 Å². The fraction of sp³-hybridized carbons (Fsp3) is 0.348. The standard InChI is InChI=1S/C23H24N6O/c1-16-18-10-11-20(30)29(15-17-7-3-2-4-8-17)22(18)27-21(26-16)19-9-5-14-28(19)23-24-12-6-13-25-23/h2-4,6-8,12-13,19H,5,9-11,14-15H2,1H3. The van der Waals surface area contributed by atoms with Gasteiger partial charge >= 0.3 is 0 Å². The molecule has 1 amide bonds. The van der Waals surface area contributed by atoms with Gasteiger partial charge in [-0.1, -0.05) is 30.3 Å². The van der Waals surface area contributed by atoms with E-state index in [1.807, 2.05) is 48.2 Å². The number of amides is 1. The van der Waals surface area contributed by atoms with Crippen molar-refractivity contribution in [3.63, 3.8) is 0 Å². The Labute approximate surface area is 175 Å². The van der Waals surface area contributed by atoms with Crippen LogP contribution in [0.3, 0.4) is 0 Å². The first kappa shape index (κ1) is 18.7. The quantitative estimate of drug-likeness (QED) is 0.668. The molecule has 30 heavy (non-hydrogen) atoms. The molecule has 3 aromatic rings. The van der Waals surface area contributed by atoms with Crippen molar-refractivity contribution in [3.05, 3.63) is 71.4 Å². The third kappa shape index (κ3) is 3.40. The highest BCUT2D eigenvalue weighted by Crippen LogP contribution is 2.36. The van der Waals surface area contributed by atoms with Crippen molar-refractivity contribution in [2.45, 2.75) is 45.2 Å². The van der Waals surface area contributed by atoms with Gasteiger partial charge < -0.3 is 4.90 Å². The van der Waals surface area contributed by atoms with E-state index in [4.69, 9.17) is 9.97 Å². The minimum absolute atomic E-state index is 0.0204. The number of nitrogens with zero attached hydrogens (tertiary/aromatic N) is 6. The third-order valence-corrected chi connectivity index (χ3v) is 5.90. The van der Waals surface area contributed by atoms with Crippen molar-refractivity contribution in [2.24, 2.45) is 0 Å². The second-order valence-electron chi connectivity index (χ2n) is 7.84. The van der Waals surface area contributed by atoms with E-state index in [0.717, 1.165) is 47.8 Å². The fourth-order valence-corrected chi connectivity index (χ4v) is 4.40. The zero-order chi connectivity index (χ0) is 20.5. The molecule has 1 atom stereocenters. The Bertz CT molecular complexity index is 1060. The summed E-state index contributed by atoms with van der Waals surface area (Å²) in [5.74, 6) is 2.34. The van der Waals surface area contributed by atoms with Crippen LogP contribution in [0.5, 0.6) is 0 Å². The molecule has 2 aliphatic heterocycles. The van der Waals surface area contributed by atoms with E-state index in [0.29, 0.717) is 25.3 Å². The number of hydrogen-bond donors (Lipinski definition) is 0. The van der Waals surface area contributed by atoms with Crippen molar-refractivity contribution in [3.8, 4) is 0 Å². The second-order valence-corrected chi connectivity index (χ2v) is 7.84. The molecule has 152 valence electrons. The summed E-state index contributed by atoms with van der Waals surface area (Å²) in [6.45, 7) is 3.43. The Balaban J connectivity index is 1.53. The van der Waals surface area contributed by atoms with Crippen LogP contribution in [0.25, 0.3) is 0 Å². The van der Waals surface area contributed by atoms with Crippen LogP contribution in [-0.4, -0.2) is 32.4 Å². The second kappa shape index (κ2) is 7.82. The molecule has 0 spiro atoms. The van der Waals surface area contributed by atoms with Crippen LogP contribution >= 0.6 is 0 Å². The van der Waals surface area contributed by atoms with Crippen molar-refractivity contribution >= 4 is 17.7 Å². The molecule has 0 saturated carbocycles. The van der Waals surface area contributed by atoms with Crippen LogP contribution in [-0.2, 0) is 17.8 Å². The van der Waals surface area contributed by atoms with Crippen LogP contribution < -0.4 is 9.80 Å². The van der Waals surface area contributed by atoms with Crippen molar-refractivity contribution in [1.29, 1.82) is 0 Å². The highest BCUT2D eigenvalue weighted by molar-refractivity contribution is 5.95. The highest BCUT2D eigenvalue weighted by atomic mass is 16.2. The molecule has 1 fully saturated rings. The van der Waals surface area contributed by atoms with E-state index in [1.54, 1.807) is 12.4 Å². The van der Waals surface area contributed by atoms with Crippen LogP contribution in [0.2, 0.25) is 0 Å². The maximum Gasteiger partial charge on any atom is 0.228 e. The average molecular weight is 400 g/mol. The summed E-state index contributed by atoms with van der Waals surface area (Å²) < 4.78 is 0. The summed E-state index contributed by atoms with van der Waals surface area (Å²) in [5.41, 5.74) is 3.13. The van der Waals surface area contributed by atoms with Gasteiger partial charge in [0.05, 0.1) is 12.6 Å². The van der Waals surface area contributed by atoms with Crippen LogP contribution in [0.15, 0.2) is 48.8 Å². The molecule has 0 aliphatic carbocycles. The maximum absolute atomic E-state index is 12.8. The Morgan fingerprint density at radius 2 is 1.83 bits per heavy atom. The summed E-state index contributed by atoms with van der Waals surface area (Å²) in [7, 11) is 0. The minimum atomic E-state index is 0.0204.